The molecule has 0 aliphatic carbocycles. The number of allylic oxidation sites excluding steroid dienone is 2. The highest BCUT2D eigenvalue weighted by atomic mass is 32.2. The monoisotopic (exact) mass is 478 g/mol. The molecule has 0 heterocycles. The zero-order valence-corrected chi connectivity index (χ0v) is 19.6. The number of benzene rings is 4. The summed E-state index contributed by atoms with van der Waals surface area (Å²) >= 11 is 0. The first-order valence-corrected chi connectivity index (χ1v) is 12.4. The number of hydrogen-bond acceptors (Lipinski definition) is 4. The topological polar surface area (TPSA) is 68.3 Å². The molecule has 0 bridgehead atoms. The largest absolute Gasteiger partial charge is 0.288 e. The van der Waals surface area contributed by atoms with Gasteiger partial charge in [-0.15, -0.1) is 0 Å². The quantitative estimate of drug-likeness (QED) is 0.222. The van der Waals surface area contributed by atoms with E-state index in [0.717, 1.165) is 0 Å². The standard InChI is InChI=1S/C30H22O4S/c31-29(25-17-9-3-10-18-25)27(21-23-13-5-1-6-14-23)35(33,34)28(22-24-15-7-2-8-16-24)30(32)26-19-11-4-12-20-26/h1-22H. The van der Waals surface area contributed by atoms with Crippen molar-refractivity contribution in [2.75, 3.05) is 0 Å². The SMILES string of the molecule is O=C(C(=Cc1ccccc1)S(=O)(=O)C(=Cc1ccccc1)C(=O)c1ccccc1)c1ccccc1. The first-order valence-electron chi connectivity index (χ1n) is 10.9. The first-order chi connectivity index (χ1) is 17.0. The minimum atomic E-state index is -4.53. The molecule has 172 valence electrons. The van der Waals surface area contributed by atoms with E-state index < -0.39 is 31.2 Å². The van der Waals surface area contributed by atoms with Crippen LogP contribution >= 0.6 is 0 Å². The Kier molecular flexibility index (Phi) is 7.29. The van der Waals surface area contributed by atoms with Gasteiger partial charge >= 0.3 is 0 Å². The van der Waals surface area contributed by atoms with Crippen LogP contribution in [0.3, 0.4) is 0 Å². The van der Waals surface area contributed by atoms with E-state index in [4.69, 9.17) is 0 Å². The van der Waals surface area contributed by atoms with Gasteiger partial charge in [-0.2, -0.15) is 0 Å². The summed E-state index contributed by atoms with van der Waals surface area (Å²) < 4.78 is 28.2. The summed E-state index contributed by atoms with van der Waals surface area (Å²) in [6.45, 7) is 0. The van der Waals surface area contributed by atoms with Crippen molar-refractivity contribution in [2.45, 2.75) is 0 Å². The first kappa shape index (κ1) is 23.8. The van der Waals surface area contributed by atoms with E-state index in [-0.39, 0.29) is 11.1 Å². The minimum absolute atomic E-state index is 0.212. The number of sulfone groups is 1. The number of carbonyl (C=O) groups excluding carboxylic acids is 2. The number of hydrogen-bond donors (Lipinski definition) is 0. The highest BCUT2D eigenvalue weighted by Gasteiger charge is 2.34. The zero-order chi connectivity index (χ0) is 24.7. The van der Waals surface area contributed by atoms with Gasteiger partial charge < -0.3 is 0 Å². The van der Waals surface area contributed by atoms with Crippen LogP contribution in [-0.2, 0) is 9.84 Å². The lowest BCUT2D eigenvalue weighted by molar-refractivity contribution is 0.103. The summed E-state index contributed by atoms with van der Waals surface area (Å²) in [6.07, 6.45) is 2.64. The molecule has 5 heteroatoms. The number of Topliss-reactive ketones (excluding diaryl/α,β-unsaturated/α-hetero) is 2. The number of rotatable bonds is 8. The molecule has 0 spiro atoms. The van der Waals surface area contributed by atoms with E-state index in [9.17, 15) is 18.0 Å². The van der Waals surface area contributed by atoms with Crippen LogP contribution in [0.4, 0.5) is 0 Å². The van der Waals surface area contributed by atoms with E-state index in [1.54, 1.807) is 121 Å². The Bertz CT molecular complexity index is 1380. The molecular weight excluding hydrogens is 456 g/mol. The highest BCUT2D eigenvalue weighted by Crippen LogP contribution is 2.28. The Morgan fingerprint density at radius 3 is 1.06 bits per heavy atom. The third-order valence-electron chi connectivity index (χ3n) is 5.29. The molecular formula is C30H22O4S. The number of ketones is 2. The van der Waals surface area contributed by atoms with E-state index in [1.165, 1.54) is 12.2 Å². The van der Waals surface area contributed by atoms with Gasteiger partial charge in [-0.3, -0.25) is 9.59 Å². The summed E-state index contributed by atoms with van der Waals surface area (Å²) in [6, 6.07) is 33.7. The smallest absolute Gasteiger partial charge is 0.214 e. The molecule has 35 heavy (non-hydrogen) atoms. The van der Waals surface area contributed by atoms with Crippen molar-refractivity contribution in [3.05, 3.63) is 153 Å². The lowest BCUT2D eigenvalue weighted by Gasteiger charge is -2.13. The van der Waals surface area contributed by atoms with Gasteiger partial charge in [0.25, 0.3) is 0 Å². The maximum absolute atomic E-state index is 14.1. The van der Waals surface area contributed by atoms with Gasteiger partial charge in [0, 0.05) is 11.1 Å². The summed E-state index contributed by atoms with van der Waals surface area (Å²) in [5.74, 6) is -1.37. The Balaban J connectivity index is 1.94. The second kappa shape index (κ2) is 10.7. The molecule has 0 amide bonds. The molecule has 0 atom stereocenters. The van der Waals surface area contributed by atoms with Crippen LogP contribution in [-0.4, -0.2) is 20.0 Å². The third-order valence-corrected chi connectivity index (χ3v) is 7.06. The molecule has 0 fully saturated rings. The van der Waals surface area contributed by atoms with Crippen molar-refractivity contribution >= 4 is 33.6 Å². The highest BCUT2D eigenvalue weighted by molar-refractivity contribution is 8.01. The fourth-order valence-corrected chi connectivity index (χ4v) is 5.06. The Labute approximate surface area is 204 Å². The van der Waals surface area contributed by atoms with Crippen LogP contribution in [0.2, 0.25) is 0 Å². The van der Waals surface area contributed by atoms with Gasteiger partial charge in [-0.1, -0.05) is 121 Å². The van der Waals surface area contributed by atoms with Crippen molar-refractivity contribution in [3.8, 4) is 0 Å². The van der Waals surface area contributed by atoms with Crippen LogP contribution in [0, 0.1) is 0 Å². The van der Waals surface area contributed by atoms with Gasteiger partial charge in [0.05, 0.1) is 0 Å². The van der Waals surface area contributed by atoms with Crippen LogP contribution in [0.5, 0.6) is 0 Å². The average molecular weight is 479 g/mol. The van der Waals surface area contributed by atoms with Crippen LogP contribution in [0.25, 0.3) is 12.2 Å². The van der Waals surface area contributed by atoms with Gasteiger partial charge in [-0.05, 0) is 23.3 Å². The van der Waals surface area contributed by atoms with Crippen molar-refractivity contribution in [3.63, 3.8) is 0 Å². The van der Waals surface area contributed by atoms with E-state index in [1.807, 2.05) is 0 Å². The summed E-state index contributed by atoms with van der Waals surface area (Å²) in [7, 11) is -4.53. The Hall–Kier alpha value is -4.35. The lowest BCUT2D eigenvalue weighted by Crippen LogP contribution is -2.20. The second-order valence-corrected chi connectivity index (χ2v) is 9.62. The molecule has 4 aromatic carbocycles. The van der Waals surface area contributed by atoms with Crippen molar-refractivity contribution in [2.24, 2.45) is 0 Å². The summed E-state index contributed by atoms with van der Waals surface area (Å²) in [4.78, 5) is 26.1. The molecule has 0 aromatic heterocycles. The predicted octanol–water partition coefficient (Wildman–Crippen LogP) is 6.25. The number of carbonyl (C=O) groups is 2. The van der Waals surface area contributed by atoms with Gasteiger partial charge in [-0.25, -0.2) is 8.42 Å². The van der Waals surface area contributed by atoms with Gasteiger partial charge in [0.2, 0.25) is 21.4 Å². The molecule has 4 nitrogen and oxygen atoms in total. The molecule has 0 saturated carbocycles. The Morgan fingerprint density at radius 1 is 0.457 bits per heavy atom. The molecule has 4 rings (SSSR count). The average Bonchev–Trinajstić information content (AvgIpc) is 2.91. The molecule has 0 unspecified atom stereocenters. The summed E-state index contributed by atoms with van der Waals surface area (Å²) in [5, 5.41) is 0. The van der Waals surface area contributed by atoms with Crippen molar-refractivity contribution in [1.82, 2.24) is 0 Å². The zero-order valence-electron chi connectivity index (χ0n) is 18.7. The molecule has 4 aromatic rings. The normalized spacial score (nSPS) is 12.2. The van der Waals surface area contributed by atoms with Gasteiger partial charge in [0.1, 0.15) is 9.81 Å². The van der Waals surface area contributed by atoms with Crippen molar-refractivity contribution in [1.29, 1.82) is 0 Å². The van der Waals surface area contributed by atoms with Crippen LogP contribution in [0.1, 0.15) is 31.8 Å². The van der Waals surface area contributed by atoms with Crippen molar-refractivity contribution < 1.29 is 18.0 Å². The summed E-state index contributed by atoms with van der Waals surface area (Å²) in [5.41, 5.74) is 1.48. The van der Waals surface area contributed by atoms with E-state index in [0.29, 0.717) is 11.1 Å². The third kappa shape index (κ3) is 5.60. The molecule has 0 aliphatic heterocycles. The molecule has 0 saturated heterocycles. The fraction of sp³-hybridized carbons (Fsp3) is 0. The van der Waals surface area contributed by atoms with Gasteiger partial charge in [0.15, 0.2) is 0 Å². The van der Waals surface area contributed by atoms with E-state index >= 15 is 0 Å². The predicted molar refractivity (Wildman–Crippen MR) is 139 cm³/mol. The fourth-order valence-electron chi connectivity index (χ4n) is 3.51. The Morgan fingerprint density at radius 2 is 0.743 bits per heavy atom. The molecule has 0 N–H and O–H groups in total. The maximum atomic E-state index is 14.1. The lowest BCUT2D eigenvalue weighted by atomic mass is 10.1. The van der Waals surface area contributed by atoms with Crippen LogP contribution < -0.4 is 0 Å². The minimum Gasteiger partial charge on any atom is -0.288 e. The van der Waals surface area contributed by atoms with E-state index in [2.05, 4.69) is 0 Å². The second-order valence-electron chi connectivity index (χ2n) is 7.73. The maximum Gasteiger partial charge on any atom is 0.214 e. The molecule has 0 aliphatic rings. The van der Waals surface area contributed by atoms with Crippen LogP contribution in [0.15, 0.2) is 131 Å². The molecule has 0 radical (unpaired) electrons.